The van der Waals surface area contributed by atoms with Crippen molar-refractivity contribution < 1.29 is 32.8 Å². The third kappa shape index (κ3) is 7.82. The highest BCUT2D eigenvalue weighted by Gasteiger charge is 2.53. The smallest absolute Gasteiger partial charge is 0.0610 e. The summed E-state index contributed by atoms with van der Waals surface area (Å²) >= 11 is 0. The molecule has 6 fully saturated rings. The average molecular weight is 573 g/mol. The molecule has 6 nitrogen and oxygen atoms in total. The molecular formula is C34H68O6. The van der Waals surface area contributed by atoms with E-state index in [1.807, 2.05) is 0 Å². The lowest BCUT2D eigenvalue weighted by molar-refractivity contribution is -0.140. The van der Waals surface area contributed by atoms with Crippen LogP contribution in [0.25, 0.3) is 0 Å². The van der Waals surface area contributed by atoms with E-state index in [1.165, 1.54) is 128 Å². The molecule has 240 valence electrons. The fourth-order valence-electron chi connectivity index (χ4n) is 10.8. The predicted octanol–water partition coefficient (Wildman–Crippen LogP) is 6.15. The summed E-state index contributed by atoms with van der Waals surface area (Å²) in [5, 5.41) is 0. The lowest BCUT2D eigenvalue weighted by Crippen LogP contribution is -2.53. The van der Waals surface area contributed by atoms with Gasteiger partial charge in [0.2, 0.25) is 0 Å². The Kier molecular flexibility index (Phi) is 15.4. The maximum atomic E-state index is 7.14. The van der Waals surface area contributed by atoms with Crippen LogP contribution < -0.4 is 0 Å². The third-order valence-corrected chi connectivity index (χ3v) is 12.7. The maximum Gasteiger partial charge on any atom is 0.0610 e. The molecule has 40 heavy (non-hydrogen) atoms. The van der Waals surface area contributed by atoms with Gasteiger partial charge in [-0.1, -0.05) is 84.0 Å². The zero-order valence-electron chi connectivity index (χ0n) is 25.7. The van der Waals surface area contributed by atoms with Crippen molar-refractivity contribution >= 4 is 0 Å². The molecule has 8 atom stereocenters. The molecule has 6 heteroatoms. The van der Waals surface area contributed by atoms with E-state index in [0.717, 1.165) is 60.6 Å². The lowest BCUT2D eigenvalue weighted by atomic mass is 9.53. The van der Waals surface area contributed by atoms with Crippen LogP contribution in [0.1, 0.15) is 137 Å². The Morgan fingerprint density at radius 2 is 0.975 bits per heavy atom. The molecule has 0 bridgehead atoms. The highest BCUT2D eigenvalue weighted by atomic mass is 16.5. The van der Waals surface area contributed by atoms with Gasteiger partial charge in [-0.05, 0) is 98.7 Å². The van der Waals surface area contributed by atoms with Crippen molar-refractivity contribution in [3.8, 4) is 0 Å². The number of hydrogen-bond donors (Lipinski definition) is 0. The van der Waals surface area contributed by atoms with Crippen molar-refractivity contribution in [3.05, 3.63) is 0 Å². The number of fused-ring (bicyclic) bond motifs is 7. The van der Waals surface area contributed by atoms with Gasteiger partial charge in [-0.3, -0.25) is 0 Å². The molecule has 5 saturated carbocycles. The normalized spacial score (nSPS) is 43.0. The minimum atomic E-state index is 0. The van der Waals surface area contributed by atoms with Crippen molar-refractivity contribution in [2.75, 3.05) is 13.2 Å². The standard InChI is InChI=1S/C34H58O2.4H2O.H2/c1-2-3-4-9-24-14-16-25(17-15-24)28-22-35-31-20-18-26-10-5-7-12-29(26)33(31)34-30-13-8-6-11-27(30)19-21-32(34)36-23-28;;;;;/h24-34H,2-23H2,1H3;4*1H2;1H. The molecule has 0 amide bonds. The van der Waals surface area contributed by atoms with E-state index in [1.54, 1.807) is 0 Å². The molecule has 1 saturated heterocycles. The van der Waals surface area contributed by atoms with Gasteiger partial charge in [0.05, 0.1) is 25.4 Å². The molecule has 0 aromatic rings. The second-order valence-electron chi connectivity index (χ2n) is 14.5. The first-order valence-electron chi connectivity index (χ1n) is 17.0. The van der Waals surface area contributed by atoms with Crippen LogP contribution in [-0.2, 0) is 9.47 Å². The molecule has 1 aliphatic heterocycles. The van der Waals surface area contributed by atoms with Crippen LogP contribution in [0.5, 0.6) is 0 Å². The van der Waals surface area contributed by atoms with E-state index < -0.39 is 0 Å². The molecule has 1 heterocycles. The van der Waals surface area contributed by atoms with Crippen LogP contribution in [0.4, 0.5) is 0 Å². The quantitative estimate of drug-likeness (QED) is 0.364. The number of rotatable bonds is 5. The summed E-state index contributed by atoms with van der Waals surface area (Å²) in [5.41, 5.74) is 0. The summed E-state index contributed by atoms with van der Waals surface area (Å²) in [5.74, 6) is 7.95. The second kappa shape index (κ2) is 17.2. The first-order chi connectivity index (χ1) is 17.8. The lowest BCUT2D eigenvalue weighted by Gasteiger charge is -2.55. The Bertz CT molecular complexity index is 646. The summed E-state index contributed by atoms with van der Waals surface area (Å²) in [7, 11) is 0. The SMILES string of the molecule is CCCCCC1CCC(C2COC3CCC4CCCCC4C3C3C(CCC4CCCCC43)OC2)CC1.O.O.O.O.[HH]. The van der Waals surface area contributed by atoms with E-state index >= 15 is 0 Å². The van der Waals surface area contributed by atoms with Gasteiger partial charge in [0.25, 0.3) is 0 Å². The van der Waals surface area contributed by atoms with Gasteiger partial charge in [-0.2, -0.15) is 0 Å². The molecular weight excluding hydrogens is 504 g/mol. The molecule has 6 rings (SSSR count). The van der Waals surface area contributed by atoms with Gasteiger partial charge in [0, 0.05) is 7.34 Å². The van der Waals surface area contributed by atoms with Crippen molar-refractivity contribution in [3.63, 3.8) is 0 Å². The molecule has 0 radical (unpaired) electrons. The van der Waals surface area contributed by atoms with E-state index in [9.17, 15) is 0 Å². The van der Waals surface area contributed by atoms with Gasteiger partial charge in [0.1, 0.15) is 0 Å². The number of ether oxygens (including phenoxy) is 2. The van der Waals surface area contributed by atoms with Crippen LogP contribution in [0.15, 0.2) is 0 Å². The molecule has 0 aromatic heterocycles. The first-order valence-corrected chi connectivity index (χ1v) is 17.0. The summed E-state index contributed by atoms with van der Waals surface area (Å²) in [6.07, 6.45) is 30.1. The van der Waals surface area contributed by atoms with Gasteiger partial charge < -0.3 is 31.4 Å². The Labute approximate surface area is 246 Å². The summed E-state index contributed by atoms with van der Waals surface area (Å²) < 4.78 is 14.3. The van der Waals surface area contributed by atoms with Crippen molar-refractivity contribution in [2.45, 2.75) is 148 Å². The van der Waals surface area contributed by atoms with Crippen LogP contribution in [-0.4, -0.2) is 47.3 Å². The predicted molar refractivity (Wildman–Crippen MR) is 165 cm³/mol. The molecule has 0 aromatic carbocycles. The minimum Gasteiger partial charge on any atom is -0.412 e. The second-order valence-corrected chi connectivity index (χ2v) is 14.5. The van der Waals surface area contributed by atoms with Gasteiger partial charge in [-0.15, -0.1) is 0 Å². The van der Waals surface area contributed by atoms with E-state index in [0.29, 0.717) is 18.1 Å². The van der Waals surface area contributed by atoms with E-state index in [-0.39, 0.29) is 23.3 Å². The highest BCUT2D eigenvalue weighted by molar-refractivity contribution is 5.02. The van der Waals surface area contributed by atoms with Crippen molar-refractivity contribution in [1.29, 1.82) is 0 Å². The van der Waals surface area contributed by atoms with Crippen LogP contribution in [0.2, 0.25) is 0 Å². The monoisotopic (exact) mass is 573 g/mol. The Hall–Kier alpha value is -0.240. The highest BCUT2D eigenvalue weighted by Crippen LogP contribution is 2.56. The largest absolute Gasteiger partial charge is 0.412 e. The number of unbranched alkanes of at least 4 members (excludes halogenated alkanes) is 2. The fraction of sp³-hybridized carbons (Fsp3) is 1.00. The Morgan fingerprint density at radius 1 is 0.500 bits per heavy atom. The van der Waals surface area contributed by atoms with Crippen LogP contribution >= 0.6 is 0 Å². The van der Waals surface area contributed by atoms with E-state index in [2.05, 4.69) is 6.92 Å². The maximum absolute atomic E-state index is 7.14. The third-order valence-electron chi connectivity index (χ3n) is 12.7. The Morgan fingerprint density at radius 3 is 1.48 bits per heavy atom. The topological polar surface area (TPSA) is 144 Å². The van der Waals surface area contributed by atoms with Gasteiger partial charge in [0.15, 0.2) is 0 Å². The molecule has 5 aliphatic carbocycles. The van der Waals surface area contributed by atoms with E-state index in [4.69, 9.17) is 9.47 Å². The summed E-state index contributed by atoms with van der Waals surface area (Å²) in [4.78, 5) is 0. The summed E-state index contributed by atoms with van der Waals surface area (Å²) in [6.45, 7) is 4.33. The molecule has 8 unspecified atom stereocenters. The Balaban J connectivity index is 0.00000168. The van der Waals surface area contributed by atoms with Crippen molar-refractivity contribution in [2.24, 2.45) is 53.3 Å². The molecule has 8 N–H and O–H groups in total. The minimum absolute atomic E-state index is 0. The molecule has 0 spiro atoms. The van der Waals surface area contributed by atoms with Crippen molar-refractivity contribution in [1.82, 2.24) is 0 Å². The molecule has 6 aliphatic rings. The van der Waals surface area contributed by atoms with Crippen LogP contribution in [0.3, 0.4) is 0 Å². The number of hydrogen-bond acceptors (Lipinski definition) is 2. The average Bonchev–Trinajstić information content (AvgIpc) is 3.01. The van der Waals surface area contributed by atoms with Gasteiger partial charge >= 0.3 is 0 Å². The van der Waals surface area contributed by atoms with Crippen LogP contribution in [0, 0.1) is 53.3 Å². The zero-order valence-corrected chi connectivity index (χ0v) is 25.7. The zero-order chi connectivity index (χ0) is 24.3. The fourth-order valence-corrected chi connectivity index (χ4v) is 10.8. The summed E-state index contributed by atoms with van der Waals surface area (Å²) in [6, 6.07) is 0. The first kappa shape index (κ1) is 36.0. The van der Waals surface area contributed by atoms with Gasteiger partial charge in [-0.25, -0.2) is 0 Å².